The molecule has 0 aromatic heterocycles. The second kappa shape index (κ2) is 3.81. The molecule has 0 spiro atoms. The molecule has 0 heterocycles. The largest absolute Gasteiger partial charge is 0.343 e. The van der Waals surface area contributed by atoms with E-state index in [4.69, 9.17) is 17.3 Å². The van der Waals surface area contributed by atoms with Crippen molar-refractivity contribution in [2.45, 2.75) is 5.78 Å². The van der Waals surface area contributed by atoms with Gasteiger partial charge in [-0.15, -0.1) is 0 Å². The molecule has 0 saturated carbocycles. The van der Waals surface area contributed by atoms with Crippen LogP contribution < -0.4 is 5.73 Å². The first-order valence-corrected chi connectivity index (χ1v) is 6.28. The molecule has 0 aliphatic carbocycles. The molecule has 1 rings (SSSR count). The Hall–Kier alpha value is -0.340. The molecule has 1 aromatic carbocycles. The lowest BCUT2D eigenvalue weighted by Gasteiger charge is -2.16. The molecule has 5 heteroatoms. The summed E-state index contributed by atoms with van der Waals surface area (Å²) in [6, 6.07) is 6.78. The van der Waals surface area contributed by atoms with E-state index in [0.717, 1.165) is 0 Å². The molecule has 72 valence electrons. The number of hydrogen-bond acceptors (Lipinski definition) is 2. The molecular weight excluding hydrogens is 209 g/mol. The van der Waals surface area contributed by atoms with Crippen molar-refractivity contribution in [1.29, 1.82) is 0 Å². The van der Waals surface area contributed by atoms with Gasteiger partial charge in [0, 0.05) is 11.7 Å². The summed E-state index contributed by atoms with van der Waals surface area (Å²) >= 11 is 5.81. The molecule has 0 radical (unpaired) electrons. The van der Waals surface area contributed by atoms with Crippen LogP contribution in [0, 0.1) is 0 Å². The third-order valence-corrected chi connectivity index (χ3v) is 3.39. The van der Waals surface area contributed by atoms with Crippen molar-refractivity contribution in [2.24, 2.45) is 5.73 Å². The first kappa shape index (κ1) is 10.7. The number of halogens is 1. The highest BCUT2D eigenvalue weighted by atomic mass is 35.5. The van der Waals surface area contributed by atoms with Gasteiger partial charge in [-0.2, -0.15) is 0 Å². The SMILES string of the molecule is CP(=O)(O)C(N)c1ccccc1Cl. The van der Waals surface area contributed by atoms with Crippen LogP contribution in [-0.4, -0.2) is 11.6 Å². The number of benzene rings is 1. The van der Waals surface area contributed by atoms with Crippen molar-refractivity contribution in [3.8, 4) is 0 Å². The molecule has 2 unspecified atom stereocenters. The highest BCUT2D eigenvalue weighted by Gasteiger charge is 2.24. The number of hydrogen-bond donors (Lipinski definition) is 2. The summed E-state index contributed by atoms with van der Waals surface area (Å²) in [6.45, 7) is 1.22. The lowest BCUT2D eigenvalue weighted by Crippen LogP contribution is -2.10. The van der Waals surface area contributed by atoms with Gasteiger partial charge in [0.15, 0.2) is 0 Å². The Morgan fingerprint density at radius 3 is 2.54 bits per heavy atom. The molecule has 0 amide bonds. The van der Waals surface area contributed by atoms with Crippen molar-refractivity contribution in [3.05, 3.63) is 34.9 Å². The zero-order chi connectivity index (χ0) is 10.1. The third-order valence-electron chi connectivity index (χ3n) is 1.74. The highest BCUT2D eigenvalue weighted by molar-refractivity contribution is 7.57. The van der Waals surface area contributed by atoms with Gasteiger partial charge in [-0.05, 0) is 11.6 Å². The monoisotopic (exact) mass is 219 g/mol. The van der Waals surface area contributed by atoms with Crippen molar-refractivity contribution in [2.75, 3.05) is 6.66 Å². The zero-order valence-corrected chi connectivity index (χ0v) is 8.80. The maximum atomic E-state index is 11.2. The summed E-state index contributed by atoms with van der Waals surface area (Å²) < 4.78 is 11.2. The van der Waals surface area contributed by atoms with E-state index < -0.39 is 13.2 Å². The summed E-state index contributed by atoms with van der Waals surface area (Å²) in [5.41, 5.74) is 6.09. The van der Waals surface area contributed by atoms with Gasteiger partial charge in [-0.3, -0.25) is 4.57 Å². The van der Waals surface area contributed by atoms with Crippen molar-refractivity contribution < 1.29 is 9.46 Å². The van der Waals surface area contributed by atoms with E-state index in [2.05, 4.69) is 0 Å². The average molecular weight is 220 g/mol. The van der Waals surface area contributed by atoms with Crippen LogP contribution in [0.15, 0.2) is 24.3 Å². The summed E-state index contributed by atoms with van der Waals surface area (Å²) in [6.07, 6.45) is 0. The van der Waals surface area contributed by atoms with E-state index in [9.17, 15) is 9.46 Å². The maximum Gasteiger partial charge on any atom is 0.218 e. The summed E-state index contributed by atoms with van der Waals surface area (Å²) in [4.78, 5) is 9.24. The Labute approximate surface area is 82.0 Å². The third kappa shape index (κ3) is 2.55. The topological polar surface area (TPSA) is 63.3 Å². The maximum absolute atomic E-state index is 11.2. The van der Waals surface area contributed by atoms with Crippen LogP contribution in [0.3, 0.4) is 0 Å². The van der Waals surface area contributed by atoms with Crippen LogP contribution in [0.1, 0.15) is 11.3 Å². The first-order chi connectivity index (χ1) is 5.93. The van der Waals surface area contributed by atoms with Crippen LogP contribution >= 0.6 is 19.0 Å². The molecule has 3 N–H and O–H groups in total. The smallest absolute Gasteiger partial charge is 0.218 e. The zero-order valence-electron chi connectivity index (χ0n) is 7.14. The molecule has 3 nitrogen and oxygen atoms in total. The average Bonchev–Trinajstić information content (AvgIpc) is 2.02. The molecule has 2 atom stereocenters. The fraction of sp³-hybridized carbons (Fsp3) is 0.250. The van der Waals surface area contributed by atoms with Gasteiger partial charge < -0.3 is 10.6 Å². The minimum atomic E-state index is -3.31. The van der Waals surface area contributed by atoms with E-state index in [1.165, 1.54) is 6.66 Å². The van der Waals surface area contributed by atoms with Crippen LogP contribution in [0.2, 0.25) is 5.02 Å². The van der Waals surface area contributed by atoms with E-state index >= 15 is 0 Å². The molecular formula is C8H11ClNO2P. The molecule has 13 heavy (non-hydrogen) atoms. The minimum Gasteiger partial charge on any atom is -0.343 e. The van der Waals surface area contributed by atoms with E-state index in [-0.39, 0.29) is 0 Å². The standard InChI is InChI=1S/C8H11ClNO2P/c1-13(11,12)8(10)6-4-2-3-5-7(6)9/h2-5,8H,10H2,1H3,(H,11,12). The normalized spacial score (nSPS) is 17.8. The Morgan fingerprint density at radius 1 is 1.54 bits per heavy atom. The minimum absolute atomic E-state index is 0.422. The molecule has 0 aliphatic heterocycles. The van der Waals surface area contributed by atoms with Gasteiger partial charge in [0.1, 0.15) is 5.78 Å². The van der Waals surface area contributed by atoms with Crippen LogP contribution in [-0.2, 0) is 4.57 Å². The predicted molar refractivity (Wildman–Crippen MR) is 54.1 cm³/mol. The van der Waals surface area contributed by atoms with Gasteiger partial charge in [0.05, 0.1) is 0 Å². The Bertz CT molecular complexity index is 350. The second-order valence-electron chi connectivity index (χ2n) is 2.91. The summed E-state index contributed by atoms with van der Waals surface area (Å²) in [7, 11) is -3.31. The second-order valence-corrected chi connectivity index (χ2v) is 5.76. The quantitative estimate of drug-likeness (QED) is 0.750. The van der Waals surface area contributed by atoms with Crippen molar-refractivity contribution in [3.63, 3.8) is 0 Å². The molecule has 0 aliphatic rings. The first-order valence-electron chi connectivity index (χ1n) is 3.73. The Kier molecular flexibility index (Phi) is 3.14. The fourth-order valence-electron chi connectivity index (χ4n) is 0.973. The van der Waals surface area contributed by atoms with Gasteiger partial charge >= 0.3 is 0 Å². The van der Waals surface area contributed by atoms with E-state index in [1.807, 2.05) is 0 Å². The van der Waals surface area contributed by atoms with E-state index in [0.29, 0.717) is 10.6 Å². The van der Waals surface area contributed by atoms with Crippen LogP contribution in [0.4, 0.5) is 0 Å². The highest BCUT2D eigenvalue weighted by Crippen LogP contribution is 2.49. The van der Waals surface area contributed by atoms with Crippen LogP contribution in [0.5, 0.6) is 0 Å². The van der Waals surface area contributed by atoms with Crippen molar-refractivity contribution >= 4 is 19.0 Å². The van der Waals surface area contributed by atoms with Crippen LogP contribution in [0.25, 0.3) is 0 Å². The number of nitrogens with two attached hydrogens (primary N) is 1. The van der Waals surface area contributed by atoms with Gasteiger partial charge in [-0.1, -0.05) is 29.8 Å². The van der Waals surface area contributed by atoms with Gasteiger partial charge in [0.2, 0.25) is 7.37 Å². The predicted octanol–water partition coefficient (Wildman–Crippen LogP) is 2.20. The molecule has 0 saturated heterocycles. The molecule has 0 bridgehead atoms. The lowest BCUT2D eigenvalue weighted by atomic mass is 10.2. The van der Waals surface area contributed by atoms with Gasteiger partial charge in [-0.25, -0.2) is 0 Å². The molecule has 0 fully saturated rings. The number of rotatable bonds is 2. The summed E-state index contributed by atoms with van der Waals surface area (Å²) in [5, 5.41) is 0.422. The Balaban J connectivity index is 3.09. The fourth-order valence-corrected chi connectivity index (χ4v) is 2.04. The lowest BCUT2D eigenvalue weighted by molar-refractivity contribution is 0.472. The molecule has 1 aromatic rings. The van der Waals surface area contributed by atoms with Gasteiger partial charge in [0.25, 0.3) is 0 Å². The van der Waals surface area contributed by atoms with E-state index in [1.54, 1.807) is 24.3 Å². The Morgan fingerprint density at radius 2 is 2.08 bits per heavy atom. The summed E-state index contributed by atoms with van der Waals surface area (Å²) in [5.74, 6) is -0.902. The van der Waals surface area contributed by atoms with Crippen molar-refractivity contribution in [1.82, 2.24) is 0 Å².